The van der Waals surface area contributed by atoms with E-state index < -0.39 is 11.0 Å². The summed E-state index contributed by atoms with van der Waals surface area (Å²) in [6.45, 7) is 10.4. The molecule has 0 rings (SSSR count). The average molecular weight is 260 g/mol. The van der Waals surface area contributed by atoms with Crippen LogP contribution in [0.25, 0.3) is 0 Å². The first-order chi connectivity index (χ1) is 8.19. The topological polar surface area (TPSA) is 55.8 Å². The van der Waals surface area contributed by atoms with Gasteiger partial charge in [0.2, 0.25) is 0 Å². The lowest BCUT2D eigenvalue weighted by atomic mass is 9.94. The maximum atomic E-state index is 11.9. The fraction of sp³-hybridized carbons (Fsp3) is 0.929. The predicted octanol–water partition coefficient (Wildman–Crippen LogP) is 2.53. The Morgan fingerprint density at radius 2 is 1.67 bits per heavy atom. The summed E-state index contributed by atoms with van der Waals surface area (Å²) in [5.41, 5.74) is -1.08. The number of carbonyl (C=O) groups is 1. The SMILES string of the molecule is CC(C)(C)OC(=O)C(C)(C)COCCCCCO. The van der Waals surface area contributed by atoms with Gasteiger partial charge in [-0.3, -0.25) is 4.79 Å². The van der Waals surface area contributed by atoms with Gasteiger partial charge in [-0.15, -0.1) is 0 Å². The first-order valence-corrected chi connectivity index (χ1v) is 6.61. The number of hydrogen-bond acceptors (Lipinski definition) is 4. The van der Waals surface area contributed by atoms with E-state index in [1.165, 1.54) is 0 Å². The monoisotopic (exact) mass is 260 g/mol. The highest BCUT2D eigenvalue weighted by atomic mass is 16.6. The number of aliphatic hydroxyl groups is 1. The molecule has 0 aliphatic rings. The molecular formula is C14H28O4. The Labute approximate surface area is 111 Å². The van der Waals surface area contributed by atoms with E-state index in [0.717, 1.165) is 19.3 Å². The summed E-state index contributed by atoms with van der Waals surface area (Å²) in [4.78, 5) is 11.9. The highest BCUT2D eigenvalue weighted by molar-refractivity contribution is 5.76. The summed E-state index contributed by atoms with van der Waals surface area (Å²) in [6, 6.07) is 0. The summed E-state index contributed by atoms with van der Waals surface area (Å²) in [5.74, 6) is -0.231. The van der Waals surface area contributed by atoms with E-state index in [1.807, 2.05) is 34.6 Å². The van der Waals surface area contributed by atoms with Crippen molar-refractivity contribution in [2.45, 2.75) is 59.5 Å². The Bertz CT molecular complexity index is 241. The number of aliphatic hydroxyl groups excluding tert-OH is 1. The fourth-order valence-corrected chi connectivity index (χ4v) is 1.30. The predicted molar refractivity (Wildman–Crippen MR) is 71.4 cm³/mol. The number of unbranched alkanes of at least 4 members (excludes halogenated alkanes) is 2. The Hall–Kier alpha value is -0.610. The molecule has 0 aliphatic carbocycles. The molecule has 0 aliphatic heterocycles. The van der Waals surface area contributed by atoms with E-state index in [1.54, 1.807) is 0 Å². The number of hydrogen-bond donors (Lipinski definition) is 1. The second-order valence-electron chi connectivity index (χ2n) is 6.22. The van der Waals surface area contributed by atoms with E-state index >= 15 is 0 Å². The number of esters is 1. The van der Waals surface area contributed by atoms with Crippen molar-refractivity contribution in [1.29, 1.82) is 0 Å². The van der Waals surface area contributed by atoms with Crippen molar-refractivity contribution >= 4 is 5.97 Å². The van der Waals surface area contributed by atoms with Gasteiger partial charge in [-0.1, -0.05) is 0 Å². The summed E-state index contributed by atoms with van der Waals surface area (Å²) < 4.78 is 10.8. The Kier molecular flexibility index (Phi) is 7.48. The summed E-state index contributed by atoms with van der Waals surface area (Å²) in [7, 11) is 0. The van der Waals surface area contributed by atoms with Crippen LogP contribution in [0.3, 0.4) is 0 Å². The van der Waals surface area contributed by atoms with Gasteiger partial charge >= 0.3 is 5.97 Å². The van der Waals surface area contributed by atoms with E-state index in [2.05, 4.69) is 0 Å². The molecule has 0 aromatic heterocycles. The minimum Gasteiger partial charge on any atom is -0.459 e. The molecule has 18 heavy (non-hydrogen) atoms. The van der Waals surface area contributed by atoms with Crippen LogP contribution in [0.1, 0.15) is 53.9 Å². The van der Waals surface area contributed by atoms with Crippen LogP contribution in [0.2, 0.25) is 0 Å². The van der Waals surface area contributed by atoms with Gasteiger partial charge in [0.1, 0.15) is 5.60 Å². The average Bonchev–Trinajstić information content (AvgIpc) is 2.20. The minimum absolute atomic E-state index is 0.226. The van der Waals surface area contributed by atoms with E-state index in [0.29, 0.717) is 13.2 Å². The molecule has 0 heterocycles. The summed E-state index contributed by atoms with van der Waals surface area (Å²) in [6.07, 6.45) is 2.66. The van der Waals surface area contributed by atoms with Crippen LogP contribution in [0, 0.1) is 5.41 Å². The molecule has 0 spiro atoms. The van der Waals surface area contributed by atoms with Crippen LogP contribution in [-0.2, 0) is 14.3 Å². The lowest BCUT2D eigenvalue weighted by Crippen LogP contribution is -2.37. The lowest BCUT2D eigenvalue weighted by Gasteiger charge is -2.28. The van der Waals surface area contributed by atoms with Gasteiger partial charge in [-0.25, -0.2) is 0 Å². The first kappa shape index (κ1) is 17.4. The third-order valence-electron chi connectivity index (χ3n) is 2.36. The number of ether oxygens (including phenoxy) is 2. The molecule has 0 bridgehead atoms. The Morgan fingerprint density at radius 3 is 2.17 bits per heavy atom. The van der Waals surface area contributed by atoms with E-state index in [4.69, 9.17) is 14.6 Å². The second kappa shape index (κ2) is 7.74. The van der Waals surface area contributed by atoms with Gasteiger partial charge in [0.05, 0.1) is 12.0 Å². The smallest absolute Gasteiger partial charge is 0.314 e. The molecule has 0 radical (unpaired) electrons. The highest BCUT2D eigenvalue weighted by Gasteiger charge is 2.32. The molecule has 1 N–H and O–H groups in total. The van der Waals surface area contributed by atoms with Gasteiger partial charge in [0.15, 0.2) is 0 Å². The van der Waals surface area contributed by atoms with Gasteiger partial charge < -0.3 is 14.6 Å². The number of rotatable bonds is 8. The fourth-order valence-electron chi connectivity index (χ4n) is 1.30. The third kappa shape index (κ3) is 8.48. The quantitative estimate of drug-likeness (QED) is 0.538. The molecule has 0 saturated heterocycles. The lowest BCUT2D eigenvalue weighted by molar-refractivity contribution is -0.169. The van der Waals surface area contributed by atoms with Crippen LogP contribution in [0.4, 0.5) is 0 Å². The van der Waals surface area contributed by atoms with Crippen LogP contribution in [0.5, 0.6) is 0 Å². The Balaban J connectivity index is 3.89. The van der Waals surface area contributed by atoms with Crippen molar-refractivity contribution < 1.29 is 19.4 Å². The minimum atomic E-state index is -0.621. The van der Waals surface area contributed by atoms with Crippen LogP contribution < -0.4 is 0 Å². The Morgan fingerprint density at radius 1 is 1.06 bits per heavy atom. The van der Waals surface area contributed by atoms with Crippen molar-refractivity contribution in [2.24, 2.45) is 5.41 Å². The normalized spacial score (nSPS) is 12.6. The summed E-state index contributed by atoms with van der Waals surface area (Å²) in [5, 5.41) is 8.63. The van der Waals surface area contributed by atoms with Gasteiger partial charge in [-0.05, 0) is 53.9 Å². The largest absolute Gasteiger partial charge is 0.459 e. The molecular weight excluding hydrogens is 232 g/mol. The molecule has 4 nitrogen and oxygen atoms in total. The molecule has 0 atom stereocenters. The highest BCUT2D eigenvalue weighted by Crippen LogP contribution is 2.21. The van der Waals surface area contributed by atoms with Crippen LogP contribution in [-0.4, -0.2) is 36.5 Å². The second-order valence-corrected chi connectivity index (χ2v) is 6.22. The van der Waals surface area contributed by atoms with Gasteiger partial charge in [-0.2, -0.15) is 0 Å². The number of carbonyl (C=O) groups excluding carboxylic acids is 1. The van der Waals surface area contributed by atoms with Crippen molar-refractivity contribution in [3.8, 4) is 0 Å². The van der Waals surface area contributed by atoms with Crippen LogP contribution in [0.15, 0.2) is 0 Å². The van der Waals surface area contributed by atoms with Crippen molar-refractivity contribution in [3.63, 3.8) is 0 Å². The van der Waals surface area contributed by atoms with E-state index in [-0.39, 0.29) is 12.6 Å². The zero-order chi connectivity index (χ0) is 14.2. The van der Waals surface area contributed by atoms with Gasteiger partial charge in [0.25, 0.3) is 0 Å². The molecule has 0 amide bonds. The van der Waals surface area contributed by atoms with Crippen molar-refractivity contribution in [1.82, 2.24) is 0 Å². The standard InChI is InChI=1S/C14H28O4/c1-13(2,3)18-12(16)14(4,5)11-17-10-8-6-7-9-15/h15H,6-11H2,1-5H3. The van der Waals surface area contributed by atoms with Crippen molar-refractivity contribution in [3.05, 3.63) is 0 Å². The summed E-state index contributed by atoms with van der Waals surface area (Å²) >= 11 is 0. The molecule has 108 valence electrons. The zero-order valence-corrected chi connectivity index (χ0v) is 12.4. The molecule has 0 saturated carbocycles. The zero-order valence-electron chi connectivity index (χ0n) is 12.4. The maximum Gasteiger partial charge on any atom is 0.314 e. The molecule has 0 aromatic carbocycles. The van der Waals surface area contributed by atoms with Gasteiger partial charge in [0, 0.05) is 13.2 Å². The molecule has 4 heteroatoms. The molecule has 0 aromatic rings. The molecule has 0 unspecified atom stereocenters. The maximum absolute atomic E-state index is 11.9. The first-order valence-electron chi connectivity index (χ1n) is 6.61. The van der Waals surface area contributed by atoms with E-state index in [9.17, 15) is 4.79 Å². The molecule has 0 fully saturated rings. The van der Waals surface area contributed by atoms with Crippen molar-refractivity contribution in [2.75, 3.05) is 19.8 Å². The third-order valence-corrected chi connectivity index (χ3v) is 2.36. The van der Waals surface area contributed by atoms with Crippen LogP contribution >= 0.6 is 0 Å².